The zero-order valence-corrected chi connectivity index (χ0v) is 16.2. The van der Waals surface area contributed by atoms with Crippen LogP contribution in [0.25, 0.3) is 6.08 Å². The Morgan fingerprint density at radius 2 is 1.90 bits per heavy atom. The molecule has 1 unspecified atom stereocenters. The van der Waals surface area contributed by atoms with Crippen molar-refractivity contribution in [1.29, 1.82) is 0 Å². The van der Waals surface area contributed by atoms with Crippen LogP contribution in [-0.4, -0.2) is 71.9 Å². The largest absolute Gasteiger partial charge is 0.383 e. The van der Waals surface area contributed by atoms with Crippen LogP contribution in [0.3, 0.4) is 0 Å². The molecule has 1 aromatic carbocycles. The van der Waals surface area contributed by atoms with E-state index >= 15 is 0 Å². The molecule has 3 rings (SSSR count). The molecule has 2 heterocycles. The van der Waals surface area contributed by atoms with Crippen LogP contribution in [-0.2, 0) is 4.74 Å². The van der Waals surface area contributed by atoms with Gasteiger partial charge in [-0.2, -0.15) is 0 Å². The van der Waals surface area contributed by atoms with Crippen molar-refractivity contribution >= 4 is 17.9 Å². The smallest absolute Gasteiger partial charge is 0.277 e. The summed E-state index contributed by atoms with van der Waals surface area (Å²) in [5.41, 5.74) is 2.69. The molecule has 0 radical (unpaired) electrons. The summed E-state index contributed by atoms with van der Waals surface area (Å²) in [6.45, 7) is 3.61. The number of carbonyl (C=O) groups is 1. The van der Waals surface area contributed by atoms with Crippen molar-refractivity contribution in [1.82, 2.24) is 20.3 Å². The maximum atomic E-state index is 13.1. The molecule has 154 valence electrons. The van der Waals surface area contributed by atoms with Gasteiger partial charge in [0.15, 0.2) is 0 Å². The summed E-state index contributed by atoms with van der Waals surface area (Å²) in [5.74, 6) is -0.347. The highest BCUT2D eigenvalue weighted by molar-refractivity contribution is 5.92. The molecule has 1 aliphatic heterocycles. The highest BCUT2D eigenvalue weighted by Crippen LogP contribution is 2.15. The third-order valence-electron chi connectivity index (χ3n) is 4.79. The lowest BCUT2D eigenvalue weighted by atomic mass is 10.1. The average molecular weight is 401 g/mol. The number of benzene rings is 1. The molecule has 1 saturated heterocycles. The molecule has 8 nitrogen and oxygen atoms in total. The summed E-state index contributed by atoms with van der Waals surface area (Å²) >= 11 is 0. The number of halogens is 1. The van der Waals surface area contributed by atoms with E-state index in [0.29, 0.717) is 12.6 Å². The summed E-state index contributed by atoms with van der Waals surface area (Å²) in [6, 6.07) is 6.47. The Balaban J connectivity index is 1.59. The van der Waals surface area contributed by atoms with Crippen LogP contribution < -0.4 is 10.4 Å². The van der Waals surface area contributed by atoms with E-state index in [2.05, 4.69) is 20.9 Å². The fraction of sp³-hybridized carbons (Fsp3) is 0.350. The van der Waals surface area contributed by atoms with Crippen LogP contribution in [0, 0.1) is 5.82 Å². The van der Waals surface area contributed by atoms with Gasteiger partial charge in [0.1, 0.15) is 5.82 Å². The quantitative estimate of drug-likeness (QED) is 0.538. The second-order valence-corrected chi connectivity index (χ2v) is 6.67. The number of hydrogen-bond donors (Lipinski definition) is 2. The van der Waals surface area contributed by atoms with Crippen molar-refractivity contribution < 1.29 is 19.1 Å². The van der Waals surface area contributed by atoms with E-state index in [9.17, 15) is 9.18 Å². The van der Waals surface area contributed by atoms with Crippen molar-refractivity contribution in [2.75, 3.05) is 44.8 Å². The van der Waals surface area contributed by atoms with E-state index in [-0.39, 0.29) is 17.4 Å². The van der Waals surface area contributed by atoms with Gasteiger partial charge < -0.3 is 9.64 Å². The molecule has 0 bridgehead atoms. The first-order chi connectivity index (χ1) is 14.1. The first kappa shape index (κ1) is 20.8. The summed E-state index contributed by atoms with van der Waals surface area (Å²) in [4.78, 5) is 24.2. The Morgan fingerprint density at radius 3 is 2.48 bits per heavy atom. The number of ether oxygens (including phenoxy) is 1. The third-order valence-corrected chi connectivity index (χ3v) is 4.79. The molecule has 0 spiro atoms. The number of hydroxylamine groups is 1. The van der Waals surface area contributed by atoms with E-state index in [0.717, 1.165) is 31.7 Å². The molecule has 1 atom stereocenters. The lowest BCUT2D eigenvalue weighted by Gasteiger charge is -2.38. The second-order valence-electron chi connectivity index (χ2n) is 6.67. The van der Waals surface area contributed by atoms with Crippen molar-refractivity contribution in [3.8, 4) is 0 Å². The zero-order valence-electron chi connectivity index (χ0n) is 16.2. The fourth-order valence-corrected chi connectivity index (χ4v) is 3.17. The third kappa shape index (κ3) is 5.57. The summed E-state index contributed by atoms with van der Waals surface area (Å²) < 4.78 is 18.4. The van der Waals surface area contributed by atoms with Gasteiger partial charge in [-0.1, -0.05) is 24.3 Å². The van der Waals surface area contributed by atoms with Gasteiger partial charge in [0, 0.05) is 45.7 Å². The monoisotopic (exact) mass is 401 g/mol. The maximum Gasteiger partial charge on any atom is 0.277 e. The number of nitrogens with one attached hydrogen (secondary N) is 1. The number of anilines is 1. The van der Waals surface area contributed by atoms with Gasteiger partial charge in [0.2, 0.25) is 5.95 Å². The second kappa shape index (κ2) is 10.1. The number of rotatable bonds is 7. The number of piperazine rings is 1. The number of amides is 1. The lowest BCUT2D eigenvalue weighted by molar-refractivity contribution is 0.0705. The van der Waals surface area contributed by atoms with Gasteiger partial charge >= 0.3 is 0 Å². The summed E-state index contributed by atoms with van der Waals surface area (Å²) in [6.07, 6.45) is 6.83. The van der Waals surface area contributed by atoms with E-state index in [1.165, 1.54) is 24.5 Å². The molecule has 1 aliphatic rings. The van der Waals surface area contributed by atoms with E-state index in [4.69, 9.17) is 9.94 Å². The van der Waals surface area contributed by atoms with Crippen molar-refractivity contribution in [3.05, 3.63) is 59.7 Å². The van der Waals surface area contributed by atoms with E-state index in [1.807, 2.05) is 11.0 Å². The van der Waals surface area contributed by atoms with Gasteiger partial charge in [-0.05, 0) is 17.7 Å². The number of carbonyl (C=O) groups excluding carboxylic acids is 1. The first-order valence-electron chi connectivity index (χ1n) is 9.29. The molecule has 1 amide bonds. The lowest BCUT2D eigenvalue weighted by Crippen LogP contribution is -2.51. The van der Waals surface area contributed by atoms with Crippen molar-refractivity contribution in [2.24, 2.45) is 0 Å². The minimum absolute atomic E-state index is 0.101. The number of aromatic nitrogens is 2. The normalized spacial score (nSPS) is 16.2. The average Bonchev–Trinajstić information content (AvgIpc) is 2.77. The molecule has 29 heavy (non-hydrogen) atoms. The Morgan fingerprint density at radius 1 is 1.24 bits per heavy atom. The number of nitrogens with zero attached hydrogens (tertiary/aromatic N) is 4. The Kier molecular flexibility index (Phi) is 7.23. The van der Waals surface area contributed by atoms with Crippen LogP contribution >= 0.6 is 0 Å². The molecule has 0 aliphatic carbocycles. The molecule has 1 aromatic heterocycles. The molecule has 2 N–H and O–H groups in total. The van der Waals surface area contributed by atoms with Gasteiger partial charge in [0.25, 0.3) is 5.91 Å². The molecular weight excluding hydrogens is 377 g/mol. The van der Waals surface area contributed by atoms with Gasteiger partial charge in [-0.25, -0.2) is 19.8 Å². The molecule has 2 aromatic rings. The fourth-order valence-electron chi connectivity index (χ4n) is 3.17. The van der Waals surface area contributed by atoms with E-state index < -0.39 is 5.91 Å². The van der Waals surface area contributed by atoms with E-state index in [1.54, 1.807) is 24.7 Å². The van der Waals surface area contributed by atoms with Crippen LogP contribution in [0.15, 0.2) is 42.7 Å². The van der Waals surface area contributed by atoms with Crippen molar-refractivity contribution in [2.45, 2.75) is 6.04 Å². The Hall–Kier alpha value is -2.88. The number of methoxy groups -OCH3 is 1. The Labute approximate surface area is 168 Å². The van der Waals surface area contributed by atoms with Crippen LogP contribution in [0.2, 0.25) is 0 Å². The molecule has 0 saturated carbocycles. The van der Waals surface area contributed by atoms with Crippen LogP contribution in [0.1, 0.15) is 15.9 Å². The van der Waals surface area contributed by atoms with Crippen molar-refractivity contribution in [3.63, 3.8) is 0 Å². The standard InChI is InChI=1S/C20H24FN5O3/c1-29-14-18(7-4-15-2-5-17(21)6-3-15)25-8-10-26(11-9-25)20-22-12-16(13-23-20)19(27)24-28/h2-7,12-13,18,28H,8-11,14H2,1H3,(H,24,27). The predicted molar refractivity (Wildman–Crippen MR) is 106 cm³/mol. The maximum absolute atomic E-state index is 13.1. The molecular formula is C20H24FN5O3. The van der Waals surface area contributed by atoms with Gasteiger partial charge in [0.05, 0.1) is 18.2 Å². The highest BCUT2D eigenvalue weighted by atomic mass is 19.1. The number of hydrogen-bond acceptors (Lipinski definition) is 7. The topological polar surface area (TPSA) is 90.8 Å². The highest BCUT2D eigenvalue weighted by Gasteiger charge is 2.23. The molecule has 1 fully saturated rings. The Bertz CT molecular complexity index is 821. The zero-order chi connectivity index (χ0) is 20.6. The van der Waals surface area contributed by atoms with Gasteiger partial charge in [-0.15, -0.1) is 0 Å². The molecule has 9 heteroatoms. The van der Waals surface area contributed by atoms with Crippen LogP contribution in [0.4, 0.5) is 10.3 Å². The minimum atomic E-state index is -0.642. The minimum Gasteiger partial charge on any atom is -0.383 e. The first-order valence-corrected chi connectivity index (χ1v) is 9.29. The summed E-state index contributed by atoms with van der Waals surface area (Å²) in [5, 5.41) is 8.66. The van der Waals surface area contributed by atoms with Crippen LogP contribution in [0.5, 0.6) is 0 Å². The SMILES string of the molecule is COCC(C=Cc1ccc(F)cc1)N1CCN(c2ncc(C(=O)NO)cn2)CC1. The van der Waals surface area contributed by atoms with Gasteiger partial charge in [-0.3, -0.25) is 14.9 Å². The summed E-state index contributed by atoms with van der Waals surface area (Å²) in [7, 11) is 1.67. The predicted octanol–water partition coefficient (Wildman–Crippen LogP) is 1.59.